The van der Waals surface area contributed by atoms with Crippen LogP contribution in [0.5, 0.6) is 0 Å². The number of aromatic amines is 1. The molecule has 5 nitrogen and oxygen atoms in total. The Labute approximate surface area is 80.6 Å². The van der Waals surface area contributed by atoms with Crippen molar-refractivity contribution in [3.05, 3.63) is 20.8 Å². The smallest absolute Gasteiger partial charge is 0.294 e. The molecule has 72 valence electrons. The van der Waals surface area contributed by atoms with Crippen molar-refractivity contribution in [1.82, 2.24) is 14.9 Å². The fourth-order valence-electron chi connectivity index (χ4n) is 0.940. The van der Waals surface area contributed by atoms with Gasteiger partial charge in [-0.3, -0.25) is 9.89 Å². The van der Waals surface area contributed by atoms with E-state index in [9.17, 15) is 4.79 Å². The van der Waals surface area contributed by atoms with E-state index in [2.05, 4.69) is 10.2 Å². The molecule has 0 aromatic carbocycles. The summed E-state index contributed by atoms with van der Waals surface area (Å²) < 4.78 is 1.04. The zero-order chi connectivity index (χ0) is 10.0. The molecular weight excluding hydrogens is 188 g/mol. The number of rotatable bonds is 2. The largest absolute Gasteiger partial charge is 0.334 e. The predicted molar refractivity (Wildman–Crippen MR) is 52.5 cm³/mol. The summed E-state index contributed by atoms with van der Waals surface area (Å²) in [6.45, 7) is 3.90. The van der Waals surface area contributed by atoms with Crippen molar-refractivity contribution in [1.29, 1.82) is 0 Å². The fraction of sp³-hybridized carbons (Fsp3) is 0.571. The highest BCUT2D eigenvalue weighted by Gasteiger charge is 2.11. The van der Waals surface area contributed by atoms with E-state index in [-0.39, 0.29) is 16.2 Å². The number of aromatic nitrogens is 3. The minimum absolute atomic E-state index is 0.0918. The van der Waals surface area contributed by atoms with Crippen LogP contribution in [0.25, 0.3) is 0 Å². The Morgan fingerprint density at radius 3 is 2.92 bits per heavy atom. The highest BCUT2D eigenvalue weighted by Crippen LogP contribution is 2.10. The van der Waals surface area contributed by atoms with Gasteiger partial charge in [0.25, 0.3) is 5.56 Å². The first kappa shape index (κ1) is 9.91. The van der Waals surface area contributed by atoms with E-state index in [1.165, 1.54) is 0 Å². The van der Waals surface area contributed by atoms with Gasteiger partial charge in [0.2, 0.25) is 4.77 Å². The molecule has 0 bridgehead atoms. The molecule has 0 radical (unpaired) electrons. The van der Waals surface area contributed by atoms with Gasteiger partial charge in [-0.15, -0.1) is 0 Å². The Hall–Kier alpha value is -1.17. The number of nitrogen functional groups attached to an aromatic ring is 1. The number of nitrogens with zero attached hydrogens (tertiary/aromatic N) is 2. The Bertz CT molecular complexity index is 408. The highest BCUT2D eigenvalue weighted by atomic mass is 32.1. The molecule has 0 aliphatic heterocycles. The average Bonchev–Trinajstić information content (AvgIpc) is 2.13. The highest BCUT2D eigenvalue weighted by molar-refractivity contribution is 7.71. The molecule has 1 heterocycles. The van der Waals surface area contributed by atoms with Gasteiger partial charge in [-0.1, -0.05) is 13.8 Å². The number of H-pyrrole nitrogens is 1. The molecule has 0 aliphatic carbocycles. The van der Waals surface area contributed by atoms with Gasteiger partial charge in [0, 0.05) is 5.92 Å². The number of hydrogen-bond acceptors (Lipinski definition) is 4. The van der Waals surface area contributed by atoms with Gasteiger partial charge >= 0.3 is 0 Å². The molecule has 1 aromatic rings. The normalized spacial score (nSPS) is 12.8. The van der Waals surface area contributed by atoms with Gasteiger partial charge in [0.1, 0.15) is 5.69 Å². The van der Waals surface area contributed by atoms with Crippen molar-refractivity contribution < 1.29 is 0 Å². The SMILES string of the molecule is CCC(C)c1n[nH]c(=S)n(N)c1=O. The Morgan fingerprint density at radius 2 is 2.38 bits per heavy atom. The molecule has 3 N–H and O–H groups in total. The Kier molecular flexibility index (Phi) is 2.82. The molecule has 0 saturated heterocycles. The third-order valence-corrected chi connectivity index (χ3v) is 2.30. The van der Waals surface area contributed by atoms with Crippen molar-refractivity contribution >= 4 is 12.2 Å². The maximum absolute atomic E-state index is 11.5. The Morgan fingerprint density at radius 1 is 1.77 bits per heavy atom. The fourth-order valence-corrected chi connectivity index (χ4v) is 1.07. The second-order valence-electron chi connectivity index (χ2n) is 2.90. The first-order valence-corrected chi connectivity index (χ1v) is 4.45. The van der Waals surface area contributed by atoms with Crippen LogP contribution < -0.4 is 11.4 Å². The van der Waals surface area contributed by atoms with Crippen molar-refractivity contribution in [3.63, 3.8) is 0 Å². The third-order valence-electron chi connectivity index (χ3n) is 2.01. The second-order valence-corrected chi connectivity index (χ2v) is 3.29. The quantitative estimate of drug-likeness (QED) is 0.539. The first-order chi connectivity index (χ1) is 6.07. The van der Waals surface area contributed by atoms with E-state index in [0.29, 0.717) is 5.69 Å². The van der Waals surface area contributed by atoms with Gasteiger partial charge < -0.3 is 5.84 Å². The molecule has 1 unspecified atom stereocenters. The molecule has 6 heteroatoms. The lowest BCUT2D eigenvalue weighted by Gasteiger charge is -2.06. The van der Waals surface area contributed by atoms with Crippen molar-refractivity contribution in [2.75, 3.05) is 5.84 Å². The van der Waals surface area contributed by atoms with Gasteiger partial charge in [-0.05, 0) is 18.6 Å². The van der Waals surface area contributed by atoms with Crippen molar-refractivity contribution in [2.24, 2.45) is 0 Å². The summed E-state index contributed by atoms with van der Waals surface area (Å²) in [5.41, 5.74) is 0.108. The van der Waals surface area contributed by atoms with Gasteiger partial charge in [0.15, 0.2) is 0 Å². The van der Waals surface area contributed by atoms with Gasteiger partial charge in [-0.25, -0.2) is 0 Å². The third kappa shape index (κ3) is 1.77. The maximum Gasteiger partial charge on any atom is 0.294 e. The monoisotopic (exact) mass is 200 g/mol. The van der Waals surface area contributed by atoms with E-state index in [0.717, 1.165) is 11.1 Å². The standard InChI is InChI=1S/C7H12N4OS/c1-3-4(2)5-6(12)11(8)7(13)10-9-5/h4H,3,8H2,1-2H3,(H,10,13). The van der Waals surface area contributed by atoms with Crippen LogP contribution in [0.15, 0.2) is 4.79 Å². The molecule has 1 atom stereocenters. The molecule has 0 amide bonds. The molecule has 1 rings (SSSR count). The first-order valence-electron chi connectivity index (χ1n) is 4.04. The zero-order valence-corrected chi connectivity index (χ0v) is 8.39. The Balaban J connectivity index is 3.35. The number of nitrogens with one attached hydrogen (secondary N) is 1. The number of hydrogen-bond donors (Lipinski definition) is 2. The zero-order valence-electron chi connectivity index (χ0n) is 7.57. The topological polar surface area (TPSA) is 76.7 Å². The van der Waals surface area contributed by atoms with Crippen LogP contribution in [0, 0.1) is 4.77 Å². The van der Waals surface area contributed by atoms with Crippen LogP contribution in [0.4, 0.5) is 0 Å². The van der Waals surface area contributed by atoms with Gasteiger partial charge in [0.05, 0.1) is 0 Å². The molecular formula is C7H12N4OS. The van der Waals surface area contributed by atoms with Gasteiger partial charge in [-0.2, -0.15) is 9.77 Å². The predicted octanol–water partition coefficient (Wildman–Crippen LogP) is 0.528. The molecule has 0 spiro atoms. The number of nitrogens with two attached hydrogens (primary N) is 1. The summed E-state index contributed by atoms with van der Waals surface area (Å²) in [4.78, 5) is 11.5. The maximum atomic E-state index is 11.5. The van der Waals surface area contributed by atoms with Crippen LogP contribution in [-0.2, 0) is 0 Å². The van der Waals surface area contributed by atoms with Crippen LogP contribution in [0.2, 0.25) is 0 Å². The summed E-state index contributed by atoms with van der Waals surface area (Å²) in [5, 5.41) is 6.39. The van der Waals surface area contributed by atoms with Crippen molar-refractivity contribution in [2.45, 2.75) is 26.2 Å². The van der Waals surface area contributed by atoms with Crippen LogP contribution in [0.3, 0.4) is 0 Å². The lowest BCUT2D eigenvalue weighted by molar-refractivity contribution is 0.645. The summed E-state index contributed by atoms with van der Waals surface area (Å²) in [5.74, 6) is 5.50. The average molecular weight is 200 g/mol. The minimum atomic E-state index is -0.321. The van der Waals surface area contributed by atoms with E-state index in [4.69, 9.17) is 18.1 Å². The van der Waals surface area contributed by atoms with E-state index < -0.39 is 0 Å². The summed E-state index contributed by atoms with van der Waals surface area (Å²) >= 11 is 4.74. The summed E-state index contributed by atoms with van der Waals surface area (Å²) in [6.07, 6.45) is 0.840. The van der Waals surface area contributed by atoms with E-state index in [1.807, 2.05) is 13.8 Å². The van der Waals surface area contributed by atoms with Crippen LogP contribution in [0.1, 0.15) is 31.9 Å². The van der Waals surface area contributed by atoms with Crippen LogP contribution in [-0.4, -0.2) is 14.9 Å². The lowest BCUT2D eigenvalue weighted by Crippen LogP contribution is -2.33. The summed E-state index contributed by atoms with van der Waals surface area (Å²) in [6, 6.07) is 0. The minimum Gasteiger partial charge on any atom is -0.334 e. The lowest BCUT2D eigenvalue weighted by atomic mass is 10.1. The van der Waals surface area contributed by atoms with E-state index >= 15 is 0 Å². The summed E-state index contributed by atoms with van der Waals surface area (Å²) in [7, 11) is 0. The van der Waals surface area contributed by atoms with Crippen molar-refractivity contribution in [3.8, 4) is 0 Å². The van der Waals surface area contributed by atoms with E-state index in [1.54, 1.807) is 0 Å². The molecule has 0 fully saturated rings. The molecule has 0 saturated carbocycles. The van der Waals surface area contributed by atoms with Crippen LogP contribution >= 0.6 is 12.2 Å². The molecule has 1 aromatic heterocycles. The molecule has 0 aliphatic rings. The molecule has 13 heavy (non-hydrogen) atoms. The second kappa shape index (κ2) is 3.69.